The largest absolute Gasteiger partial charge is 0.495 e. The minimum absolute atomic E-state index is 0.115. The molecule has 1 aliphatic rings. The number of benzene rings is 2. The van der Waals surface area contributed by atoms with Crippen molar-refractivity contribution in [1.82, 2.24) is 0 Å². The van der Waals surface area contributed by atoms with Gasteiger partial charge in [-0.2, -0.15) is 0 Å². The van der Waals surface area contributed by atoms with Crippen LogP contribution in [0.3, 0.4) is 0 Å². The second-order valence-corrected chi connectivity index (χ2v) is 5.97. The summed E-state index contributed by atoms with van der Waals surface area (Å²) < 4.78 is 11.0. The number of carbonyl (C=O) groups excluding carboxylic acids is 2. The molecule has 0 fully saturated rings. The Kier molecular flexibility index (Phi) is 5.41. The minimum Gasteiger partial charge on any atom is -0.495 e. The highest BCUT2D eigenvalue weighted by atomic mass is 16.5. The van der Waals surface area contributed by atoms with Gasteiger partial charge in [-0.15, -0.1) is 0 Å². The summed E-state index contributed by atoms with van der Waals surface area (Å²) >= 11 is 0. The molecular formula is C20H22N2O4. The van der Waals surface area contributed by atoms with E-state index in [0.717, 1.165) is 0 Å². The summed E-state index contributed by atoms with van der Waals surface area (Å²) in [6, 6.07) is 14.6. The predicted molar refractivity (Wildman–Crippen MR) is 99.7 cm³/mol. The maximum Gasteiger partial charge on any atom is 0.268 e. The van der Waals surface area contributed by atoms with E-state index in [4.69, 9.17) is 9.47 Å². The number of fused-ring (bicyclic) bond motifs is 1. The van der Waals surface area contributed by atoms with Gasteiger partial charge < -0.3 is 19.7 Å². The molecule has 2 aromatic carbocycles. The van der Waals surface area contributed by atoms with Crippen molar-refractivity contribution >= 4 is 23.2 Å². The summed E-state index contributed by atoms with van der Waals surface area (Å²) in [5.74, 6) is 0.972. The van der Waals surface area contributed by atoms with Gasteiger partial charge in [0.2, 0.25) is 5.91 Å². The Balaban J connectivity index is 1.70. The van der Waals surface area contributed by atoms with Crippen molar-refractivity contribution in [2.24, 2.45) is 0 Å². The Hall–Kier alpha value is -3.02. The molecule has 6 nitrogen and oxygen atoms in total. The van der Waals surface area contributed by atoms with E-state index in [-0.39, 0.29) is 24.8 Å². The van der Waals surface area contributed by atoms with Crippen molar-refractivity contribution in [2.75, 3.05) is 23.9 Å². The maximum absolute atomic E-state index is 12.6. The number of methoxy groups -OCH3 is 1. The van der Waals surface area contributed by atoms with E-state index in [1.54, 1.807) is 24.1 Å². The van der Waals surface area contributed by atoms with Gasteiger partial charge in [0.05, 0.1) is 18.5 Å². The molecule has 136 valence electrons. The van der Waals surface area contributed by atoms with Gasteiger partial charge in [-0.05, 0) is 30.7 Å². The van der Waals surface area contributed by atoms with Crippen LogP contribution in [0.1, 0.15) is 19.8 Å². The Bertz CT molecular complexity index is 806. The summed E-state index contributed by atoms with van der Waals surface area (Å²) in [5, 5.41) is 2.83. The average molecular weight is 354 g/mol. The van der Waals surface area contributed by atoms with Crippen molar-refractivity contribution < 1.29 is 19.1 Å². The fraction of sp³-hybridized carbons (Fsp3) is 0.300. The quantitative estimate of drug-likeness (QED) is 0.865. The van der Waals surface area contributed by atoms with Crippen molar-refractivity contribution in [3.63, 3.8) is 0 Å². The molecule has 1 atom stereocenters. The van der Waals surface area contributed by atoms with Crippen LogP contribution in [0, 0.1) is 0 Å². The number of ether oxygens (including phenoxy) is 2. The minimum atomic E-state index is -0.512. The highest BCUT2D eigenvalue weighted by Crippen LogP contribution is 2.34. The van der Waals surface area contributed by atoms with Gasteiger partial charge in [0, 0.05) is 13.0 Å². The third-order valence-electron chi connectivity index (χ3n) is 4.28. The smallest absolute Gasteiger partial charge is 0.268 e. The van der Waals surface area contributed by atoms with Crippen molar-refractivity contribution in [3.05, 3.63) is 48.5 Å². The number of para-hydroxylation sites is 4. The zero-order valence-electron chi connectivity index (χ0n) is 14.9. The number of hydrogen-bond acceptors (Lipinski definition) is 4. The molecule has 1 unspecified atom stereocenters. The third kappa shape index (κ3) is 3.64. The topological polar surface area (TPSA) is 67.9 Å². The number of anilines is 2. The molecule has 0 radical (unpaired) electrons. The average Bonchev–Trinajstić information content (AvgIpc) is 2.67. The maximum atomic E-state index is 12.6. The number of nitrogens with zero attached hydrogens (tertiary/aromatic N) is 1. The molecular weight excluding hydrogens is 332 g/mol. The number of hydrogen-bond donors (Lipinski definition) is 1. The third-order valence-corrected chi connectivity index (χ3v) is 4.28. The lowest BCUT2D eigenvalue weighted by atomic mass is 10.1. The van der Waals surface area contributed by atoms with E-state index in [2.05, 4.69) is 5.32 Å². The Morgan fingerprint density at radius 2 is 1.92 bits per heavy atom. The lowest BCUT2D eigenvalue weighted by molar-refractivity contribution is -0.126. The van der Waals surface area contributed by atoms with Crippen LogP contribution in [-0.2, 0) is 9.59 Å². The molecule has 3 rings (SSSR count). The Morgan fingerprint density at radius 1 is 1.19 bits per heavy atom. The van der Waals surface area contributed by atoms with Crippen molar-refractivity contribution in [2.45, 2.75) is 25.9 Å². The molecule has 26 heavy (non-hydrogen) atoms. The van der Waals surface area contributed by atoms with Crippen molar-refractivity contribution in [1.29, 1.82) is 0 Å². The molecule has 0 saturated heterocycles. The number of carbonyl (C=O) groups is 2. The first kappa shape index (κ1) is 17.8. The molecule has 0 bridgehead atoms. The summed E-state index contributed by atoms with van der Waals surface area (Å²) in [5.41, 5.74) is 1.31. The summed E-state index contributed by atoms with van der Waals surface area (Å²) in [6.07, 6.45) is 0.244. The zero-order valence-corrected chi connectivity index (χ0v) is 14.9. The van der Waals surface area contributed by atoms with Crippen LogP contribution < -0.4 is 19.7 Å². The molecule has 0 aromatic heterocycles. The van der Waals surface area contributed by atoms with E-state index in [1.165, 1.54) is 0 Å². The number of rotatable bonds is 6. The molecule has 1 N–H and O–H groups in total. The van der Waals surface area contributed by atoms with Crippen LogP contribution in [0.4, 0.5) is 11.4 Å². The summed E-state index contributed by atoms with van der Waals surface area (Å²) in [7, 11) is 1.55. The first-order valence-corrected chi connectivity index (χ1v) is 8.64. The van der Waals surface area contributed by atoms with Crippen LogP contribution in [0.5, 0.6) is 11.5 Å². The number of nitrogens with one attached hydrogen (secondary N) is 1. The van der Waals surface area contributed by atoms with Gasteiger partial charge in [0.15, 0.2) is 6.10 Å². The van der Waals surface area contributed by atoms with Crippen LogP contribution in [0.25, 0.3) is 0 Å². The molecule has 0 saturated carbocycles. The summed E-state index contributed by atoms with van der Waals surface area (Å²) in [4.78, 5) is 26.6. The van der Waals surface area contributed by atoms with Crippen LogP contribution in [-0.4, -0.2) is 31.6 Å². The number of amides is 2. The highest BCUT2D eigenvalue weighted by molar-refractivity contribution is 6.01. The van der Waals surface area contributed by atoms with Gasteiger partial charge in [0.1, 0.15) is 11.5 Å². The fourth-order valence-corrected chi connectivity index (χ4v) is 2.94. The SMILES string of the molecule is CCC1Oc2ccccc2N(CCC(=O)Nc2ccccc2OC)C1=O. The van der Waals surface area contributed by atoms with Gasteiger partial charge in [-0.1, -0.05) is 31.2 Å². The lowest BCUT2D eigenvalue weighted by Crippen LogP contribution is -2.46. The monoisotopic (exact) mass is 354 g/mol. The van der Waals surface area contributed by atoms with Gasteiger partial charge >= 0.3 is 0 Å². The van der Waals surface area contributed by atoms with Crippen LogP contribution in [0.2, 0.25) is 0 Å². The van der Waals surface area contributed by atoms with Gasteiger partial charge in [0.25, 0.3) is 5.91 Å². The van der Waals surface area contributed by atoms with Crippen LogP contribution >= 0.6 is 0 Å². The highest BCUT2D eigenvalue weighted by Gasteiger charge is 2.33. The van der Waals surface area contributed by atoms with E-state index >= 15 is 0 Å². The second-order valence-electron chi connectivity index (χ2n) is 5.97. The zero-order chi connectivity index (χ0) is 18.5. The molecule has 0 spiro atoms. The van der Waals surface area contributed by atoms with Crippen molar-refractivity contribution in [3.8, 4) is 11.5 Å². The predicted octanol–water partition coefficient (Wildman–Crippen LogP) is 3.23. The first-order valence-electron chi connectivity index (χ1n) is 8.64. The van der Waals surface area contributed by atoms with Crippen LogP contribution in [0.15, 0.2) is 48.5 Å². The molecule has 2 amide bonds. The van der Waals surface area contributed by atoms with E-state index in [1.807, 2.05) is 43.3 Å². The van der Waals surface area contributed by atoms with E-state index < -0.39 is 6.10 Å². The molecule has 1 heterocycles. The van der Waals surface area contributed by atoms with Gasteiger partial charge in [-0.25, -0.2) is 0 Å². The Labute approximate surface area is 152 Å². The Morgan fingerprint density at radius 3 is 2.69 bits per heavy atom. The molecule has 2 aromatic rings. The lowest BCUT2D eigenvalue weighted by Gasteiger charge is -2.33. The summed E-state index contributed by atoms with van der Waals surface area (Å²) in [6.45, 7) is 2.19. The van der Waals surface area contributed by atoms with Gasteiger partial charge in [-0.3, -0.25) is 9.59 Å². The molecule has 6 heteroatoms. The molecule has 1 aliphatic heterocycles. The van der Waals surface area contributed by atoms with E-state index in [0.29, 0.717) is 29.3 Å². The normalized spacial score (nSPS) is 15.8. The standard InChI is InChI=1S/C20H22N2O4/c1-3-16-20(24)22(15-9-5-7-11-18(15)26-16)13-12-19(23)21-14-8-4-6-10-17(14)25-2/h4-11,16H,3,12-13H2,1-2H3,(H,21,23). The second kappa shape index (κ2) is 7.91. The first-order chi connectivity index (χ1) is 12.6. The fourth-order valence-electron chi connectivity index (χ4n) is 2.94. The van der Waals surface area contributed by atoms with E-state index in [9.17, 15) is 9.59 Å². The molecule has 0 aliphatic carbocycles.